The van der Waals surface area contributed by atoms with E-state index in [-0.39, 0.29) is 30.1 Å². The van der Waals surface area contributed by atoms with E-state index in [0.29, 0.717) is 6.29 Å². The Balaban J connectivity index is 2.81. The summed E-state index contributed by atoms with van der Waals surface area (Å²) in [5.41, 5.74) is 0.389. The Morgan fingerprint density at radius 1 is 1.32 bits per heavy atom. The number of esters is 2. The van der Waals surface area contributed by atoms with Gasteiger partial charge >= 0.3 is 11.9 Å². The molecule has 0 bridgehead atoms. The molecule has 1 rings (SSSR count). The summed E-state index contributed by atoms with van der Waals surface area (Å²) in [5.74, 6) is -0.882. The number of methoxy groups -OCH3 is 1. The number of benzene rings is 1. The summed E-state index contributed by atoms with van der Waals surface area (Å²) >= 11 is 0. The molecule has 0 N–H and O–H groups in total. The highest BCUT2D eigenvalue weighted by molar-refractivity contribution is 5.92. The lowest BCUT2D eigenvalue weighted by Gasteiger charge is -2.08. The monoisotopic (exact) mass is 266 g/mol. The lowest BCUT2D eigenvalue weighted by molar-refractivity contribution is -0.145. The number of hydrogen-bond donors (Lipinski definition) is 0. The number of rotatable bonds is 6. The van der Waals surface area contributed by atoms with Crippen molar-refractivity contribution in [3.8, 4) is 5.75 Å². The molecule has 0 fully saturated rings. The molecule has 0 heterocycles. The first-order chi connectivity index (χ1) is 9.12. The average Bonchev–Trinajstić information content (AvgIpc) is 2.44. The number of aldehydes is 1. The fraction of sp³-hybridized carbons (Fsp3) is 0.308. The molecule has 0 saturated heterocycles. The average molecular weight is 266 g/mol. The molecule has 0 atom stereocenters. The quantitative estimate of drug-likeness (QED) is 0.569. The molecule has 1 aromatic carbocycles. The van der Waals surface area contributed by atoms with E-state index in [2.05, 4.69) is 4.74 Å². The second kappa shape index (κ2) is 7.15. The van der Waals surface area contributed by atoms with Gasteiger partial charge in [-0.3, -0.25) is 4.79 Å². The molecule has 0 aliphatic heterocycles. The van der Waals surface area contributed by atoms with Gasteiger partial charge < -0.3 is 14.2 Å². The third kappa shape index (κ3) is 4.09. The fourth-order valence-corrected chi connectivity index (χ4v) is 1.36. The Morgan fingerprint density at radius 2 is 2.05 bits per heavy atom. The maximum Gasteiger partial charge on any atom is 0.344 e. The van der Waals surface area contributed by atoms with Crippen molar-refractivity contribution in [1.82, 2.24) is 0 Å². The minimum absolute atomic E-state index is 0.159. The van der Waals surface area contributed by atoms with Crippen molar-refractivity contribution in [2.75, 3.05) is 20.3 Å². The van der Waals surface area contributed by atoms with Gasteiger partial charge in [-0.2, -0.15) is 0 Å². The van der Waals surface area contributed by atoms with Crippen LogP contribution in [0.1, 0.15) is 27.6 Å². The molecule has 1 aromatic rings. The Labute approximate surface area is 110 Å². The van der Waals surface area contributed by atoms with Crippen molar-refractivity contribution in [3.05, 3.63) is 29.3 Å². The van der Waals surface area contributed by atoms with Crippen LogP contribution >= 0.6 is 0 Å². The van der Waals surface area contributed by atoms with Crippen LogP contribution in [0.3, 0.4) is 0 Å². The summed E-state index contributed by atoms with van der Waals surface area (Å²) in [7, 11) is 1.24. The first-order valence-electron chi connectivity index (χ1n) is 5.58. The fourth-order valence-electron chi connectivity index (χ4n) is 1.36. The van der Waals surface area contributed by atoms with Gasteiger partial charge in [0, 0.05) is 0 Å². The second-order valence-corrected chi connectivity index (χ2v) is 3.46. The zero-order valence-corrected chi connectivity index (χ0v) is 10.7. The van der Waals surface area contributed by atoms with Gasteiger partial charge in [-0.05, 0) is 25.1 Å². The summed E-state index contributed by atoms with van der Waals surface area (Å²) in [4.78, 5) is 33.3. The molecule has 0 amide bonds. The summed E-state index contributed by atoms with van der Waals surface area (Å²) in [5, 5.41) is 0. The number of hydrogen-bond acceptors (Lipinski definition) is 6. The second-order valence-electron chi connectivity index (χ2n) is 3.46. The molecule has 0 radical (unpaired) electrons. The molecule has 0 saturated carbocycles. The van der Waals surface area contributed by atoms with Crippen molar-refractivity contribution < 1.29 is 28.6 Å². The van der Waals surface area contributed by atoms with Crippen LogP contribution in [0.4, 0.5) is 0 Å². The molecule has 0 spiro atoms. The summed E-state index contributed by atoms with van der Waals surface area (Å²) < 4.78 is 14.4. The van der Waals surface area contributed by atoms with Gasteiger partial charge in [-0.15, -0.1) is 0 Å². The summed E-state index contributed by atoms with van der Waals surface area (Å²) in [6, 6.07) is 4.20. The molecule has 19 heavy (non-hydrogen) atoms. The van der Waals surface area contributed by atoms with Gasteiger partial charge in [0.05, 0.1) is 24.8 Å². The van der Waals surface area contributed by atoms with Crippen molar-refractivity contribution in [1.29, 1.82) is 0 Å². The first kappa shape index (κ1) is 14.7. The van der Waals surface area contributed by atoms with Crippen LogP contribution in [0.15, 0.2) is 18.2 Å². The van der Waals surface area contributed by atoms with Gasteiger partial charge in [0.15, 0.2) is 12.9 Å². The van der Waals surface area contributed by atoms with Gasteiger partial charge in [-0.25, -0.2) is 9.59 Å². The highest BCUT2D eigenvalue weighted by Crippen LogP contribution is 2.19. The van der Waals surface area contributed by atoms with Gasteiger partial charge in [-0.1, -0.05) is 0 Å². The Hall–Kier alpha value is -2.37. The van der Waals surface area contributed by atoms with Crippen LogP contribution in [-0.4, -0.2) is 38.5 Å². The largest absolute Gasteiger partial charge is 0.481 e. The molecule has 0 unspecified atom stereocenters. The van der Waals surface area contributed by atoms with Gasteiger partial charge in [0.2, 0.25) is 0 Å². The van der Waals surface area contributed by atoms with E-state index in [1.807, 2.05) is 0 Å². The van der Waals surface area contributed by atoms with Crippen LogP contribution in [0.5, 0.6) is 5.75 Å². The predicted molar refractivity (Wildman–Crippen MR) is 65.3 cm³/mol. The first-order valence-corrected chi connectivity index (χ1v) is 5.58. The van der Waals surface area contributed by atoms with Crippen LogP contribution < -0.4 is 4.74 Å². The zero-order valence-electron chi connectivity index (χ0n) is 10.7. The molecule has 102 valence electrons. The third-order valence-corrected chi connectivity index (χ3v) is 2.21. The standard InChI is InChI=1S/C13H14O6/c1-3-18-12(15)8-19-11-5-4-9(13(16)17-2)6-10(11)7-14/h4-7H,3,8H2,1-2H3. The number of carbonyl (C=O) groups excluding carboxylic acids is 3. The van der Waals surface area contributed by atoms with Crippen molar-refractivity contribution in [3.63, 3.8) is 0 Å². The van der Waals surface area contributed by atoms with Gasteiger partial charge in [0.25, 0.3) is 0 Å². The van der Waals surface area contributed by atoms with E-state index in [4.69, 9.17) is 9.47 Å². The molecular weight excluding hydrogens is 252 g/mol. The summed E-state index contributed by atoms with van der Waals surface area (Å²) in [6.07, 6.45) is 0.535. The van der Waals surface area contributed by atoms with E-state index in [9.17, 15) is 14.4 Å². The highest BCUT2D eigenvalue weighted by Gasteiger charge is 2.11. The molecule has 0 aliphatic carbocycles. The van der Waals surface area contributed by atoms with Crippen molar-refractivity contribution in [2.24, 2.45) is 0 Å². The maximum absolute atomic E-state index is 11.3. The smallest absolute Gasteiger partial charge is 0.344 e. The lowest BCUT2D eigenvalue weighted by atomic mass is 10.1. The minimum Gasteiger partial charge on any atom is -0.481 e. The number of ether oxygens (including phenoxy) is 3. The van der Waals surface area contributed by atoms with Gasteiger partial charge in [0.1, 0.15) is 5.75 Å². The Bertz CT molecular complexity index is 480. The summed E-state index contributed by atoms with van der Waals surface area (Å²) in [6.45, 7) is 1.64. The van der Waals surface area contributed by atoms with Crippen LogP contribution in [0, 0.1) is 0 Å². The molecule has 6 nitrogen and oxygen atoms in total. The molecular formula is C13H14O6. The van der Waals surface area contributed by atoms with Crippen LogP contribution in [-0.2, 0) is 14.3 Å². The lowest BCUT2D eigenvalue weighted by Crippen LogP contribution is -2.15. The molecule has 0 aromatic heterocycles. The van der Waals surface area contributed by atoms with E-state index < -0.39 is 11.9 Å². The van der Waals surface area contributed by atoms with Crippen molar-refractivity contribution in [2.45, 2.75) is 6.92 Å². The molecule has 6 heteroatoms. The van der Waals surface area contributed by atoms with E-state index in [1.54, 1.807) is 6.92 Å². The van der Waals surface area contributed by atoms with Crippen LogP contribution in [0.25, 0.3) is 0 Å². The predicted octanol–water partition coefficient (Wildman–Crippen LogP) is 1.23. The van der Waals surface area contributed by atoms with E-state index in [0.717, 1.165) is 0 Å². The SMILES string of the molecule is CCOC(=O)COc1ccc(C(=O)OC)cc1C=O. The highest BCUT2D eigenvalue weighted by atomic mass is 16.6. The van der Waals surface area contributed by atoms with E-state index >= 15 is 0 Å². The van der Waals surface area contributed by atoms with Crippen molar-refractivity contribution >= 4 is 18.2 Å². The van der Waals surface area contributed by atoms with E-state index in [1.165, 1.54) is 25.3 Å². The Morgan fingerprint density at radius 3 is 2.63 bits per heavy atom. The molecule has 0 aliphatic rings. The third-order valence-electron chi connectivity index (χ3n) is 2.21. The maximum atomic E-state index is 11.3. The minimum atomic E-state index is -0.556. The Kier molecular flexibility index (Phi) is 5.53. The number of carbonyl (C=O) groups is 3. The van der Waals surface area contributed by atoms with Crippen LogP contribution in [0.2, 0.25) is 0 Å². The normalized spacial score (nSPS) is 9.58. The topological polar surface area (TPSA) is 78.9 Å². The zero-order chi connectivity index (χ0) is 14.3.